The molecule has 0 amide bonds. The van der Waals surface area contributed by atoms with Crippen LogP contribution in [0.15, 0.2) is 29.4 Å². The molecule has 0 spiro atoms. The summed E-state index contributed by atoms with van der Waals surface area (Å²) in [5, 5.41) is 7.12. The van der Waals surface area contributed by atoms with Crippen LogP contribution in [0.4, 0.5) is 26.3 Å². The molecule has 8 nitrogen and oxygen atoms in total. The first-order valence-electron chi connectivity index (χ1n) is 12.9. The molecule has 1 aliphatic carbocycles. The highest BCUT2D eigenvalue weighted by Gasteiger charge is 2.51. The zero-order chi connectivity index (χ0) is 29.5. The van der Waals surface area contributed by atoms with Gasteiger partial charge < -0.3 is 0 Å². The highest BCUT2D eigenvalue weighted by atomic mass is 32.2. The molecule has 1 unspecified atom stereocenters. The first-order valence-corrected chi connectivity index (χ1v) is 14.3. The van der Waals surface area contributed by atoms with Crippen molar-refractivity contribution in [3.05, 3.63) is 41.1 Å². The van der Waals surface area contributed by atoms with E-state index in [1.165, 1.54) is 22.2 Å². The Bertz CT molecular complexity index is 1330. The minimum Gasteiger partial charge on any atom is -0.295 e. The minimum absolute atomic E-state index is 0.00171. The largest absolute Gasteiger partial charge is 0.417 e. The molecular formula is C25H31F6N5O3S. The van der Waals surface area contributed by atoms with Gasteiger partial charge in [0.1, 0.15) is 6.67 Å². The lowest BCUT2D eigenvalue weighted by atomic mass is 9.69. The number of halogens is 6. The second-order valence-corrected chi connectivity index (χ2v) is 12.5. The maximum absolute atomic E-state index is 14.2. The third-order valence-electron chi connectivity index (χ3n) is 8.15. The van der Waals surface area contributed by atoms with Crippen molar-refractivity contribution in [1.82, 2.24) is 24.2 Å². The molecule has 2 heterocycles. The van der Waals surface area contributed by atoms with Crippen molar-refractivity contribution in [1.29, 1.82) is 0 Å². The molecule has 1 aromatic carbocycles. The molecule has 0 radical (unpaired) electrons. The van der Waals surface area contributed by atoms with Crippen LogP contribution in [0.1, 0.15) is 60.5 Å². The molecule has 1 aliphatic heterocycles. The summed E-state index contributed by atoms with van der Waals surface area (Å²) >= 11 is 0. The summed E-state index contributed by atoms with van der Waals surface area (Å²) in [5.74, 6) is -4.34. The van der Waals surface area contributed by atoms with E-state index in [0.29, 0.717) is 6.07 Å². The Morgan fingerprint density at radius 2 is 1.70 bits per heavy atom. The number of nitrogens with zero attached hydrogens (tertiary/aromatic N) is 5. The molecule has 1 atom stereocenters. The number of ketones is 1. The minimum atomic E-state index is -4.88. The fourth-order valence-electron chi connectivity index (χ4n) is 5.85. The van der Waals surface area contributed by atoms with Crippen LogP contribution >= 0.6 is 0 Å². The van der Waals surface area contributed by atoms with Crippen LogP contribution in [0.3, 0.4) is 0 Å². The normalized spacial score (nSPS) is 21.3. The van der Waals surface area contributed by atoms with E-state index >= 15 is 0 Å². The smallest absolute Gasteiger partial charge is 0.295 e. The average Bonchev–Trinajstić information content (AvgIpc) is 3.35. The molecule has 1 saturated carbocycles. The first-order chi connectivity index (χ1) is 18.6. The Balaban J connectivity index is 1.56. The van der Waals surface area contributed by atoms with Gasteiger partial charge in [0.05, 0.1) is 11.8 Å². The van der Waals surface area contributed by atoms with E-state index in [2.05, 4.69) is 10.3 Å². The second kappa shape index (κ2) is 11.0. The molecule has 40 heavy (non-hydrogen) atoms. The van der Waals surface area contributed by atoms with Gasteiger partial charge in [-0.1, -0.05) is 24.3 Å². The summed E-state index contributed by atoms with van der Waals surface area (Å²) in [6.45, 7) is 0.990. The van der Waals surface area contributed by atoms with Crippen molar-refractivity contribution in [3.8, 4) is 0 Å². The molecular weight excluding hydrogens is 564 g/mol. The number of hydrogen-bond acceptors (Lipinski definition) is 6. The first kappa shape index (κ1) is 30.4. The van der Waals surface area contributed by atoms with Gasteiger partial charge >= 0.3 is 6.18 Å². The summed E-state index contributed by atoms with van der Waals surface area (Å²) < 4.78 is 111. The van der Waals surface area contributed by atoms with Gasteiger partial charge in [-0.15, -0.1) is 5.10 Å². The fourth-order valence-corrected chi connectivity index (χ4v) is 7.18. The highest BCUT2D eigenvalue weighted by Crippen LogP contribution is 2.47. The summed E-state index contributed by atoms with van der Waals surface area (Å²) in [4.78, 5) is 15.1. The molecule has 15 heteroatoms. The number of aromatic nitrogens is 3. The predicted molar refractivity (Wildman–Crippen MR) is 132 cm³/mol. The van der Waals surface area contributed by atoms with Crippen molar-refractivity contribution < 1.29 is 39.6 Å². The van der Waals surface area contributed by atoms with Gasteiger partial charge in [0, 0.05) is 63.6 Å². The Labute approximate surface area is 228 Å². The molecule has 0 bridgehead atoms. The second-order valence-electron chi connectivity index (χ2n) is 10.6. The number of rotatable bonds is 8. The van der Waals surface area contributed by atoms with Gasteiger partial charge in [-0.2, -0.15) is 17.5 Å². The van der Waals surface area contributed by atoms with Gasteiger partial charge in [0.25, 0.3) is 10.0 Å². The number of carbonyl (C=O) groups excluding carboxylic acids is 1. The van der Waals surface area contributed by atoms with E-state index in [4.69, 9.17) is 0 Å². The number of aryl methyl sites for hydroxylation is 1. The summed E-state index contributed by atoms with van der Waals surface area (Å²) in [6.07, 6.45) is -4.87. The van der Waals surface area contributed by atoms with Gasteiger partial charge in [0.15, 0.2) is 5.78 Å². The molecule has 1 saturated heterocycles. The Morgan fingerprint density at radius 3 is 2.23 bits per heavy atom. The fraction of sp³-hybridized carbons (Fsp3) is 0.640. The maximum Gasteiger partial charge on any atom is 0.417 e. The van der Waals surface area contributed by atoms with E-state index in [1.54, 1.807) is 6.92 Å². The van der Waals surface area contributed by atoms with Crippen molar-refractivity contribution in [2.75, 3.05) is 26.2 Å². The zero-order valence-electron chi connectivity index (χ0n) is 22.1. The van der Waals surface area contributed by atoms with E-state index in [1.807, 2.05) is 4.90 Å². The Morgan fingerprint density at radius 1 is 1.07 bits per heavy atom. The third-order valence-corrected chi connectivity index (χ3v) is 9.92. The summed E-state index contributed by atoms with van der Waals surface area (Å²) in [6, 6.07) is 2.71. The van der Waals surface area contributed by atoms with Gasteiger partial charge in [0.2, 0.25) is 10.9 Å². The SMILES string of the molecule is CC(CC(=O)c1ccc(CF)cc1C(F)(F)F)C1(N2CCN(S(=O)(=O)c3cn(C)nn3)CC2)CCC(F)(F)CC1. The van der Waals surface area contributed by atoms with Crippen LogP contribution in [0, 0.1) is 5.92 Å². The average molecular weight is 596 g/mol. The number of alkyl halides is 6. The van der Waals surface area contributed by atoms with Crippen molar-refractivity contribution in [2.24, 2.45) is 13.0 Å². The van der Waals surface area contributed by atoms with Crippen molar-refractivity contribution in [3.63, 3.8) is 0 Å². The molecule has 2 aromatic rings. The van der Waals surface area contributed by atoms with E-state index in [9.17, 15) is 39.6 Å². The van der Waals surface area contributed by atoms with Crippen LogP contribution in [-0.4, -0.2) is 76.0 Å². The molecule has 2 aliphatic rings. The van der Waals surface area contributed by atoms with Crippen LogP contribution in [0.5, 0.6) is 0 Å². The number of Topliss-reactive ketones (excluding diaryl/α,β-unsaturated/α-hetero) is 1. The van der Waals surface area contributed by atoms with E-state index < -0.39 is 70.0 Å². The lowest BCUT2D eigenvalue weighted by Crippen LogP contribution is -2.62. The number of carbonyl (C=O) groups is 1. The molecule has 222 valence electrons. The molecule has 1 aromatic heterocycles. The Hall–Kier alpha value is -2.52. The third kappa shape index (κ3) is 6.05. The highest BCUT2D eigenvalue weighted by molar-refractivity contribution is 7.89. The standard InChI is InChI=1S/C25H31F6N5O3S/c1-17(13-21(37)19-4-3-18(15-26)14-20(19)25(29,30)31)23(5-7-24(27,28)8-6-23)35-9-11-36(12-10-35)40(38,39)22-16-34(2)33-32-22/h3-4,14,16-17H,5-13,15H2,1-2H3. The maximum atomic E-state index is 14.2. The number of benzene rings is 1. The van der Waals surface area contributed by atoms with Gasteiger partial charge in [-0.25, -0.2) is 21.6 Å². The van der Waals surface area contributed by atoms with Crippen LogP contribution in [0.25, 0.3) is 0 Å². The molecule has 0 N–H and O–H groups in total. The number of piperazine rings is 1. The van der Waals surface area contributed by atoms with E-state index in [-0.39, 0.29) is 56.0 Å². The zero-order valence-corrected chi connectivity index (χ0v) is 22.9. The van der Waals surface area contributed by atoms with Crippen molar-refractivity contribution >= 4 is 15.8 Å². The number of hydrogen-bond donors (Lipinski definition) is 0. The van der Waals surface area contributed by atoms with Crippen LogP contribution < -0.4 is 0 Å². The van der Waals surface area contributed by atoms with E-state index in [0.717, 1.165) is 12.1 Å². The summed E-state index contributed by atoms with van der Waals surface area (Å²) in [5.41, 5.74) is -2.98. The summed E-state index contributed by atoms with van der Waals surface area (Å²) in [7, 11) is -2.40. The Kier molecular flexibility index (Phi) is 8.41. The van der Waals surface area contributed by atoms with Gasteiger partial charge in [-0.05, 0) is 30.4 Å². The lowest BCUT2D eigenvalue weighted by Gasteiger charge is -2.53. The molecule has 2 fully saturated rings. The van der Waals surface area contributed by atoms with Crippen molar-refractivity contribution in [2.45, 2.75) is 68.4 Å². The number of sulfonamides is 1. The predicted octanol–water partition coefficient (Wildman–Crippen LogP) is 4.47. The molecule has 4 rings (SSSR count). The van der Waals surface area contributed by atoms with Crippen LogP contribution in [-0.2, 0) is 29.9 Å². The van der Waals surface area contributed by atoms with Gasteiger partial charge in [-0.3, -0.25) is 14.4 Å². The quantitative estimate of drug-likeness (QED) is 0.331. The lowest BCUT2D eigenvalue weighted by molar-refractivity contribution is -0.138. The van der Waals surface area contributed by atoms with Crippen LogP contribution in [0.2, 0.25) is 0 Å². The monoisotopic (exact) mass is 595 g/mol. The topological polar surface area (TPSA) is 88.4 Å².